The van der Waals surface area contributed by atoms with E-state index in [0.717, 1.165) is 57.0 Å². The van der Waals surface area contributed by atoms with Crippen LogP contribution in [-0.4, -0.2) is 59.0 Å². The molecule has 0 bridgehead atoms. The number of likely N-dealkylation sites (tertiary alicyclic amines) is 1. The molecule has 1 atom stereocenters. The van der Waals surface area contributed by atoms with Gasteiger partial charge in [-0.1, -0.05) is 0 Å². The molecule has 6 nitrogen and oxygen atoms in total. The average Bonchev–Trinajstić information content (AvgIpc) is 3.20. The van der Waals surface area contributed by atoms with Crippen molar-refractivity contribution in [2.45, 2.75) is 45.6 Å². The van der Waals surface area contributed by atoms with Gasteiger partial charge in [0, 0.05) is 37.9 Å². The van der Waals surface area contributed by atoms with Gasteiger partial charge in [0.2, 0.25) is 0 Å². The third kappa shape index (κ3) is 4.18. The number of piperidine rings is 1. The number of nitrogens with zero attached hydrogens (tertiary/aromatic N) is 4. The molecule has 6 heteroatoms. The Kier molecular flexibility index (Phi) is 5.81. The van der Waals surface area contributed by atoms with Crippen molar-refractivity contribution >= 4 is 5.91 Å². The number of hydrogen-bond donors (Lipinski definition) is 0. The van der Waals surface area contributed by atoms with Crippen molar-refractivity contribution in [2.75, 3.05) is 33.7 Å². The molecule has 142 valence electrons. The highest BCUT2D eigenvalue weighted by Gasteiger charge is 2.29. The second kappa shape index (κ2) is 8.08. The highest BCUT2D eigenvalue weighted by molar-refractivity contribution is 5.95. The molecule has 0 aliphatic carbocycles. The quantitative estimate of drug-likeness (QED) is 0.796. The molecular formula is C20H30N4O2. The molecule has 26 heavy (non-hydrogen) atoms. The first-order valence-electron chi connectivity index (χ1n) is 9.47. The van der Waals surface area contributed by atoms with Gasteiger partial charge in [-0.2, -0.15) is 0 Å². The van der Waals surface area contributed by atoms with Gasteiger partial charge >= 0.3 is 0 Å². The second-order valence-corrected chi connectivity index (χ2v) is 7.55. The van der Waals surface area contributed by atoms with E-state index in [1.165, 1.54) is 0 Å². The molecule has 1 aliphatic rings. The lowest BCUT2D eigenvalue weighted by Gasteiger charge is -2.32. The summed E-state index contributed by atoms with van der Waals surface area (Å²) in [5.74, 6) is 2.99. The van der Waals surface area contributed by atoms with Crippen LogP contribution in [0.3, 0.4) is 0 Å². The lowest BCUT2D eigenvalue weighted by atomic mass is 9.96. The molecule has 1 saturated heterocycles. The molecule has 1 unspecified atom stereocenters. The molecule has 0 radical (unpaired) electrons. The van der Waals surface area contributed by atoms with Gasteiger partial charge in [-0.25, -0.2) is 4.98 Å². The third-order valence-electron chi connectivity index (χ3n) is 5.10. The van der Waals surface area contributed by atoms with Crippen molar-refractivity contribution in [1.29, 1.82) is 0 Å². The summed E-state index contributed by atoms with van der Waals surface area (Å²) in [4.78, 5) is 21.7. The minimum Gasteiger partial charge on any atom is -0.466 e. The second-order valence-electron chi connectivity index (χ2n) is 7.55. The van der Waals surface area contributed by atoms with E-state index in [4.69, 9.17) is 4.42 Å². The van der Waals surface area contributed by atoms with Gasteiger partial charge in [0.1, 0.15) is 17.3 Å². The largest absolute Gasteiger partial charge is 0.466 e. The standard InChI is InChI=1S/C20H30N4O2/c1-15-13-18(16(2)26-15)20(25)24-10-5-7-17(14-24)19-21-8-12-23(19)11-6-9-22(3)4/h8,12-13,17H,5-7,9-11,14H2,1-4H3. The normalized spacial score (nSPS) is 17.9. The van der Waals surface area contributed by atoms with E-state index in [0.29, 0.717) is 17.2 Å². The molecule has 3 rings (SSSR count). The Morgan fingerprint density at radius 1 is 1.38 bits per heavy atom. The molecule has 0 aromatic carbocycles. The van der Waals surface area contributed by atoms with Crippen molar-refractivity contribution < 1.29 is 9.21 Å². The molecule has 2 aromatic heterocycles. The predicted molar refractivity (Wildman–Crippen MR) is 101 cm³/mol. The topological polar surface area (TPSA) is 54.5 Å². The summed E-state index contributed by atoms with van der Waals surface area (Å²) in [6.45, 7) is 7.31. The molecule has 1 fully saturated rings. The number of aromatic nitrogens is 2. The van der Waals surface area contributed by atoms with Crippen LogP contribution in [0.1, 0.15) is 52.9 Å². The summed E-state index contributed by atoms with van der Waals surface area (Å²) in [6, 6.07) is 1.85. The number of imidazole rings is 1. The summed E-state index contributed by atoms with van der Waals surface area (Å²) in [7, 11) is 4.19. The number of hydrogen-bond acceptors (Lipinski definition) is 4. The fourth-order valence-corrected chi connectivity index (χ4v) is 3.81. The molecule has 1 amide bonds. The highest BCUT2D eigenvalue weighted by atomic mass is 16.3. The molecular weight excluding hydrogens is 328 g/mol. The predicted octanol–water partition coefficient (Wildman–Crippen LogP) is 3.06. The van der Waals surface area contributed by atoms with Crippen LogP contribution in [0.25, 0.3) is 0 Å². The van der Waals surface area contributed by atoms with Gasteiger partial charge in [0.25, 0.3) is 5.91 Å². The average molecular weight is 358 g/mol. The Bertz CT molecular complexity index is 747. The van der Waals surface area contributed by atoms with E-state index in [1.807, 2.05) is 31.0 Å². The lowest BCUT2D eigenvalue weighted by Crippen LogP contribution is -2.40. The number of rotatable bonds is 6. The van der Waals surface area contributed by atoms with Crippen LogP contribution in [0.15, 0.2) is 22.9 Å². The minimum absolute atomic E-state index is 0.0785. The Morgan fingerprint density at radius 3 is 2.88 bits per heavy atom. The van der Waals surface area contributed by atoms with Crippen LogP contribution in [0.4, 0.5) is 0 Å². The summed E-state index contributed by atoms with van der Waals surface area (Å²) < 4.78 is 7.80. The van der Waals surface area contributed by atoms with Crippen LogP contribution in [0.5, 0.6) is 0 Å². The SMILES string of the molecule is Cc1cc(C(=O)N2CCCC(c3nccn3CCCN(C)C)C2)c(C)o1. The Hall–Kier alpha value is -2.08. The molecule has 0 N–H and O–H groups in total. The Balaban J connectivity index is 1.68. The van der Waals surface area contributed by atoms with Crippen molar-refractivity contribution in [3.63, 3.8) is 0 Å². The summed E-state index contributed by atoms with van der Waals surface area (Å²) in [5.41, 5.74) is 0.692. The molecule has 2 aromatic rings. The van der Waals surface area contributed by atoms with E-state index >= 15 is 0 Å². The van der Waals surface area contributed by atoms with E-state index in [9.17, 15) is 4.79 Å². The zero-order chi connectivity index (χ0) is 18.7. The van der Waals surface area contributed by atoms with E-state index in [1.54, 1.807) is 0 Å². The van der Waals surface area contributed by atoms with Gasteiger partial charge in [-0.15, -0.1) is 0 Å². The van der Waals surface area contributed by atoms with Gasteiger partial charge in [-0.05, 0) is 59.8 Å². The third-order valence-corrected chi connectivity index (χ3v) is 5.10. The van der Waals surface area contributed by atoms with E-state index in [-0.39, 0.29) is 5.91 Å². The first-order valence-corrected chi connectivity index (χ1v) is 9.47. The number of carbonyl (C=O) groups excluding carboxylic acids is 1. The van der Waals surface area contributed by atoms with Crippen LogP contribution >= 0.6 is 0 Å². The van der Waals surface area contributed by atoms with Crippen molar-refractivity contribution in [3.05, 3.63) is 41.4 Å². The molecule has 1 aliphatic heterocycles. The number of carbonyl (C=O) groups is 1. The van der Waals surface area contributed by atoms with Crippen LogP contribution < -0.4 is 0 Å². The van der Waals surface area contributed by atoms with Gasteiger partial charge in [0.15, 0.2) is 0 Å². The molecule has 3 heterocycles. The van der Waals surface area contributed by atoms with Crippen molar-refractivity contribution in [2.24, 2.45) is 0 Å². The van der Waals surface area contributed by atoms with Crippen molar-refractivity contribution in [3.8, 4) is 0 Å². The van der Waals surface area contributed by atoms with Gasteiger partial charge < -0.3 is 18.8 Å². The van der Waals surface area contributed by atoms with Gasteiger partial charge in [-0.3, -0.25) is 4.79 Å². The lowest BCUT2D eigenvalue weighted by molar-refractivity contribution is 0.0701. The van der Waals surface area contributed by atoms with Crippen LogP contribution in [0.2, 0.25) is 0 Å². The maximum absolute atomic E-state index is 12.9. The maximum Gasteiger partial charge on any atom is 0.257 e. The fourth-order valence-electron chi connectivity index (χ4n) is 3.81. The van der Waals surface area contributed by atoms with Gasteiger partial charge in [0.05, 0.1) is 5.56 Å². The number of amides is 1. The van der Waals surface area contributed by atoms with Crippen LogP contribution in [-0.2, 0) is 6.54 Å². The van der Waals surface area contributed by atoms with E-state index in [2.05, 4.69) is 34.7 Å². The monoisotopic (exact) mass is 358 g/mol. The fraction of sp³-hybridized carbons (Fsp3) is 0.600. The maximum atomic E-state index is 12.9. The summed E-state index contributed by atoms with van der Waals surface area (Å²) in [6.07, 6.45) is 7.14. The highest BCUT2D eigenvalue weighted by Crippen LogP contribution is 2.28. The van der Waals surface area contributed by atoms with Crippen molar-refractivity contribution in [1.82, 2.24) is 19.4 Å². The molecule has 0 saturated carbocycles. The smallest absolute Gasteiger partial charge is 0.257 e. The first kappa shape index (κ1) is 18.7. The zero-order valence-electron chi connectivity index (χ0n) is 16.4. The minimum atomic E-state index is 0.0785. The summed E-state index contributed by atoms with van der Waals surface area (Å²) in [5, 5.41) is 0. The first-order chi connectivity index (χ1) is 12.5. The Labute approximate surface area is 155 Å². The number of aryl methyl sites for hydroxylation is 3. The van der Waals surface area contributed by atoms with Crippen LogP contribution in [0, 0.1) is 13.8 Å². The zero-order valence-corrected chi connectivity index (χ0v) is 16.4. The number of furan rings is 1. The molecule has 0 spiro atoms. The Morgan fingerprint density at radius 2 is 2.19 bits per heavy atom. The van der Waals surface area contributed by atoms with E-state index < -0.39 is 0 Å². The summed E-state index contributed by atoms with van der Waals surface area (Å²) >= 11 is 0.